The Kier molecular flexibility index (Phi) is 6.42. The Morgan fingerprint density at radius 1 is 0.964 bits per heavy atom. The maximum atomic E-state index is 13.1. The summed E-state index contributed by atoms with van der Waals surface area (Å²) in [5, 5.41) is -1.91. The van der Waals surface area contributed by atoms with Crippen LogP contribution in [0.1, 0.15) is 36.7 Å². The second-order valence-electron chi connectivity index (χ2n) is 6.94. The van der Waals surface area contributed by atoms with Crippen molar-refractivity contribution in [1.82, 2.24) is 9.80 Å². The lowest BCUT2D eigenvalue weighted by Crippen LogP contribution is -2.54. The molecule has 1 heterocycles. The lowest BCUT2D eigenvalue weighted by Gasteiger charge is -2.36. The number of sulfone groups is 1. The van der Waals surface area contributed by atoms with Crippen molar-refractivity contribution in [2.24, 2.45) is 0 Å². The summed E-state index contributed by atoms with van der Waals surface area (Å²) in [6, 6.07) is 4.55. The van der Waals surface area contributed by atoms with Crippen LogP contribution in [0.4, 0.5) is 13.2 Å². The minimum absolute atomic E-state index is 0.0329. The highest BCUT2D eigenvalue weighted by Gasteiger charge is 2.38. The van der Waals surface area contributed by atoms with Gasteiger partial charge in [-0.3, -0.25) is 9.59 Å². The number of rotatable bonds is 4. The molecule has 0 saturated carbocycles. The first kappa shape index (κ1) is 22.2. The van der Waals surface area contributed by atoms with Crippen molar-refractivity contribution in [3.05, 3.63) is 35.4 Å². The van der Waals surface area contributed by atoms with Crippen LogP contribution in [0.25, 0.3) is 0 Å². The highest BCUT2D eigenvalue weighted by atomic mass is 32.2. The number of nitrogens with zero attached hydrogens (tertiary/aromatic N) is 2. The fourth-order valence-electron chi connectivity index (χ4n) is 3.02. The van der Waals surface area contributed by atoms with Crippen molar-refractivity contribution in [2.45, 2.75) is 37.4 Å². The Labute approximate surface area is 162 Å². The fourth-order valence-corrected chi connectivity index (χ4v) is 4.27. The van der Waals surface area contributed by atoms with E-state index in [1.54, 1.807) is 0 Å². The second kappa shape index (κ2) is 8.10. The minimum atomic E-state index is -4.65. The van der Waals surface area contributed by atoms with E-state index >= 15 is 0 Å². The van der Waals surface area contributed by atoms with Gasteiger partial charge in [0, 0.05) is 26.2 Å². The van der Waals surface area contributed by atoms with Crippen LogP contribution < -0.4 is 0 Å². The number of hydrogen-bond donors (Lipinski definition) is 0. The van der Waals surface area contributed by atoms with Gasteiger partial charge in [0.25, 0.3) is 5.91 Å². The Morgan fingerprint density at radius 2 is 1.46 bits per heavy atom. The monoisotopic (exact) mass is 420 g/mol. The molecule has 0 aliphatic carbocycles. The van der Waals surface area contributed by atoms with E-state index < -0.39 is 49.5 Å². The van der Waals surface area contributed by atoms with Crippen molar-refractivity contribution < 1.29 is 31.2 Å². The summed E-state index contributed by atoms with van der Waals surface area (Å²) in [5.41, 5.74) is -1.44. The summed E-state index contributed by atoms with van der Waals surface area (Å²) < 4.78 is 63.8. The molecule has 0 aromatic heterocycles. The van der Waals surface area contributed by atoms with Crippen LogP contribution in [0.3, 0.4) is 0 Å². The largest absolute Gasteiger partial charge is 0.417 e. The third kappa shape index (κ3) is 4.48. The summed E-state index contributed by atoms with van der Waals surface area (Å²) >= 11 is 0. The quantitative estimate of drug-likeness (QED) is 0.749. The summed E-state index contributed by atoms with van der Waals surface area (Å²) in [6.45, 7) is 4.51. The molecule has 2 rings (SSSR count). The molecule has 0 N–H and O–H groups in total. The molecular weight excluding hydrogens is 397 g/mol. The smallest absolute Gasteiger partial charge is 0.338 e. The maximum Gasteiger partial charge on any atom is 0.417 e. The van der Waals surface area contributed by atoms with Gasteiger partial charge in [-0.05, 0) is 32.9 Å². The van der Waals surface area contributed by atoms with Crippen LogP contribution in [-0.4, -0.2) is 66.7 Å². The number of alkyl halides is 3. The van der Waals surface area contributed by atoms with E-state index in [-0.39, 0.29) is 26.2 Å². The lowest BCUT2D eigenvalue weighted by molar-refractivity contribution is -0.138. The Bertz CT molecular complexity index is 845. The van der Waals surface area contributed by atoms with E-state index in [1.807, 2.05) is 0 Å². The normalized spacial score (nSPS) is 17.0. The zero-order valence-electron chi connectivity index (χ0n) is 15.9. The molecular formula is C18H23F3N2O4S. The van der Waals surface area contributed by atoms with Gasteiger partial charge in [0.1, 0.15) is 5.25 Å². The van der Waals surface area contributed by atoms with E-state index in [0.29, 0.717) is 0 Å². The molecule has 1 aromatic carbocycles. The van der Waals surface area contributed by atoms with Gasteiger partial charge in [-0.25, -0.2) is 8.42 Å². The molecule has 2 amide bonds. The molecule has 156 valence electrons. The zero-order valence-corrected chi connectivity index (χ0v) is 16.7. The third-order valence-electron chi connectivity index (χ3n) is 4.84. The van der Waals surface area contributed by atoms with Crippen molar-refractivity contribution in [2.75, 3.05) is 26.2 Å². The SMILES string of the molecule is CC(C)S(=O)(=O)C(C)C(=O)N1CCN(C(=O)c2ccccc2C(F)(F)F)CC1. The van der Waals surface area contributed by atoms with Gasteiger partial charge in [0.05, 0.1) is 16.4 Å². The summed E-state index contributed by atoms with van der Waals surface area (Å²) in [4.78, 5) is 27.6. The van der Waals surface area contributed by atoms with E-state index in [0.717, 1.165) is 12.1 Å². The summed E-state index contributed by atoms with van der Waals surface area (Å²) in [5.74, 6) is -1.32. The highest BCUT2D eigenvalue weighted by molar-refractivity contribution is 7.93. The average molecular weight is 420 g/mol. The van der Waals surface area contributed by atoms with E-state index in [4.69, 9.17) is 0 Å². The first-order chi connectivity index (χ1) is 12.9. The molecule has 28 heavy (non-hydrogen) atoms. The molecule has 6 nitrogen and oxygen atoms in total. The highest BCUT2D eigenvalue weighted by Crippen LogP contribution is 2.32. The van der Waals surface area contributed by atoms with Crippen molar-refractivity contribution in [3.63, 3.8) is 0 Å². The predicted molar refractivity (Wildman–Crippen MR) is 97.4 cm³/mol. The van der Waals surface area contributed by atoms with E-state index in [1.165, 1.54) is 42.7 Å². The molecule has 1 aliphatic heterocycles. The van der Waals surface area contributed by atoms with Crippen LogP contribution in [0.5, 0.6) is 0 Å². The molecule has 1 fully saturated rings. The van der Waals surface area contributed by atoms with Gasteiger partial charge in [0.2, 0.25) is 5.91 Å². The maximum absolute atomic E-state index is 13.1. The van der Waals surface area contributed by atoms with Crippen molar-refractivity contribution in [1.29, 1.82) is 0 Å². The Balaban J connectivity index is 2.09. The molecule has 1 aromatic rings. The number of amides is 2. The van der Waals surface area contributed by atoms with Crippen LogP contribution in [-0.2, 0) is 20.8 Å². The number of benzene rings is 1. The molecule has 10 heteroatoms. The molecule has 1 aliphatic rings. The van der Waals surface area contributed by atoms with Crippen LogP contribution in [0, 0.1) is 0 Å². The Hall–Kier alpha value is -2.10. The summed E-state index contributed by atoms with van der Waals surface area (Å²) in [7, 11) is -3.62. The molecule has 0 spiro atoms. The van der Waals surface area contributed by atoms with Gasteiger partial charge in [-0.2, -0.15) is 13.2 Å². The topological polar surface area (TPSA) is 74.8 Å². The number of carbonyl (C=O) groups excluding carboxylic acids is 2. The molecule has 0 bridgehead atoms. The molecule has 0 radical (unpaired) electrons. The lowest BCUT2D eigenvalue weighted by atomic mass is 10.1. The average Bonchev–Trinajstić information content (AvgIpc) is 2.65. The van der Waals surface area contributed by atoms with Crippen molar-refractivity contribution in [3.8, 4) is 0 Å². The molecule has 1 unspecified atom stereocenters. The van der Waals surface area contributed by atoms with Crippen molar-refractivity contribution >= 4 is 21.7 Å². The van der Waals surface area contributed by atoms with E-state index in [9.17, 15) is 31.2 Å². The second-order valence-corrected chi connectivity index (χ2v) is 9.77. The first-order valence-electron chi connectivity index (χ1n) is 8.84. The van der Waals surface area contributed by atoms with Gasteiger partial charge in [0.15, 0.2) is 9.84 Å². The van der Waals surface area contributed by atoms with Crippen LogP contribution in [0.2, 0.25) is 0 Å². The van der Waals surface area contributed by atoms with Gasteiger partial charge in [-0.15, -0.1) is 0 Å². The first-order valence-corrected chi connectivity index (χ1v) is 10.4. The number of hydrogen-bond acceptors (Lipinski definition) is 4. The fraction of sp³-hybridized carbons (Fsp3) is 0.556. The minimum Gasteiger partial charge on any atom is -0.338 e. The van der Waals surface area contributed by atoms with Crippen LogP contribution >= 0.6 is 0 Å². The summed E-state index contributed by atoms with van der Waals surface area (Å²) in [6.07, 6.45) is -4.65. The van der Waals surface area contributed by atoms with Gasteiger partial charge < -0.3 is 9.80 Å². The standard InChI is InChI=1S/C18H23F3N2O4S/c1-12(2)28(26,27)13(3)16(24)22-8-10-23(11-9-22)17(25)14-6-4-5-7-15(14)18(19,20)21/h4-7,12-13H,8-11H2,1-3H3. The predicted octanol–water partition coefficient (Wildman–Crippen LogP) is 2.20. The van der Waals surface area contributed by atoms with Gasteiger partial charge in [-0.1, -0.05) is 12.1 Å². The Morgan fingerprint density at radius 3 is 1.96 bits per heavy atom. The third-order valence-corrected chi connectivity index (χ3v) is 7.34. The van der Waals surface area contributed by atoms with Gasteiger partial charge >= 0.3 is 6.18 Å². The molecule has 1 atom stereocenters. The number of piperazine rings is 1. The van der Waals surface area contributed by atoms with E-state index in [2.05, 4.69) is 0 Å². The van der Waals surface area contributed by atoms with Crippen LogP contribution in [0.15, 0.2) is 24.3 Å². The number of halogens is 3. The molecule has 1 saturated heterocycles. The number of carbonyl (C=O) groups is 2. The zero-order chi connectivity index (χ0) is 21.3.